The van der Waals surface area contributed by atoms with Gasteiger partial charge >= 0.3 is 0 Å². The Labute approximate surface area is 128 Å². The number of nitrogens with zero attached hydrogens (tertiary/aromatic N) is 1. The highest BCUT2D eigenvalue weighted by molar-refractivity contribution is 5.43. The van der Waals surface area contributed by atoms with Crippen LogP contribution >= 0.6 is 0 Å². The van der Waals surface area contributed by atoms with Crippen molar-refractivity contribution in [1.82, 2.24) is 4.90 Å². The molecule has 1 aliphatic heterocycles. The Morgan fingerprint density at radius 3 is 2.81 bits per heavy atom. The van der Waals surface area contributed by atoms with Gasteiger partial charge in [0.2, 0.25) is 0 Å². The van der Waals surface area contributed by atoms with Crippen LogP contribution < -0.4 is 15.2 Å². The predicted octanol–water partition coefficient (Wildman–Crippen LogP) is 2.97. The largest absolute Gasteiger partial charge is 0.493 e. The first kappa shape index (κ1) is 16.1. The number of ether oxygens (including phenoxy) is 2. The maximum absolute atomic E-state index is 5.92. The number of nitrogens with two attached hydrogens (primary N) is 1. The van der Waals surface area contributed by atoms with Crippen molar-refractivity contribution in [3.05, 3.63) is 23.8 Å². The third-order valence-corrected chi connectivity index (χ3v) is 4.34. The van der Waals surface area contributed by atoms with Crippen LogP contribution in [0.2, 0.25) is 0 Å². The molecule has 0 saturated carbocycles. The summed E-state index contributed by atoms with van der Waals surface area (Å²) in [6.07, 6.45) is 5.00. The first-order chi connectivity index (χ1) is 10.1. The van der Waals surface area contributed by atoms with Crippen molar-refractivity contribution in [2.45, 2.75) is 44.7 Å². The molecule has 2 rings (SSSR count). The summed E-state index contributed by atoms with van der Waals surface area (Å²) in [4.78, 5) is 2.45. The maximum atomic E-state index is 5.92. The summed E-state index contributed by atoms with van der Waals surface area (Å²) >= 11 is 0. The van der Waals surface area contributed by atoms with Crippen LogP contribution in [0.1, 0.15) is 44.2 Å². The van der Waals surface area contributed by atoms with Crippen LogP contribution in [-0.4, -0.2) is 38.3 Å². The first-order valence-electron chi connectivity index (χ1n) is 7.88. The molecule has 4 heteroatoms. The van der Waals surface area contributed by atoms with Gasteiger partial charge in [0, 0.05) is 12.1 Å². The fourth-order valence-electron chi connectivity index (χ4n) is 2.90. The Kier molecular flexibility index (Phi) is 5.88. The lowest BCUT2D eigenvalue weighted by atomic mass is 10.0. The first-order valence-corrected chi connectivity index (χ1v) is 7.88. The fraction of sp³-hybridized carbons (Fsp3) is 0.647. The van der Waals surface area contributed by atoms with E-state index in [-0.39, 0.29) is 6.04 Å². The molecule has 1 saturated heterocycles. The van der Waals surface area contributed by atoms with Gasteiger partial charge in [0.05, 0.1) is 13.7 Å². The number of hydrogen-bond donors (Lipinski definition) is 1. The second-order valence-electron chi connectivity index (χ2n) is 5.97. The molecule has 1 heterocycles. The summed E-state index contributed by atoms with van der Waals surface area (Å²) in [7, 11) is 3.88. The highest BCUT2D eigenvalue weighted by atomic mass is 16.5. The Bertz CT molecular complexity index is 448. The van der Waals surface area contributed by atoms with Crippen molar-refractivity contribution in [1.29, 1.82) is 0 Å². The van der Waals surface area contributed by atoms with Crippen molar-refractivity contribution in [3.8, 4) is 11.5 Å². The molecule has 0 aliphatic carbocycles. The molecule has 0 spiro atoms. The van der Waals surface area contributed by atoms with Crippen molar-refractivity contribution >= 4 is 0 Å². The standard InChI is InChI=1S/C17H28N2O2/c1-13(18)14-7-8-16(17(12-14)20-3)21-11-9-15-6-4-5-10-19(15)2/h7-8,12-13,15H,4-6,9-11,18H2,1-3H3/t13-,15?/m0/s1. The molecule has 2 N–H and O–H groups in total. The second kappa shape index (κ2) is 7.66. The summed E-state index contributed by atoms with van der Waals surface area (Å²) in [5.74, 6) is 1.57. The Hall–Kier alpha value is -1.26. The molecule has 1 unspecified atom stereocenters. The summed E-state index contributed by atoms with van der Waals surface area (Å²) in [5.41, 5.74) is 6.96. The number of methoxy groups -OCH3 is 1. The Morgan fingerprint density at radius 2 is 2.14 bits per heavy atom. The summed E-state index contributed by atoms with van der Waals surface area (Å²) in [5, 5.41) is 0. The van der Waals surface area contributed by atoms with Crippen LogP contribution in [0.5, 0.6) is 11.5 Å². The molecule has 0 amide bonds. The zero-order valence-corrected chi connectivity index (χ0v) is 13.5. The molecule has 118 valence electrons. The van der Waals surface area contributed by atoms with Gasteiger partial charge in [-0.15, -0.1) is 0 Å². The third-order valence-electron chi connectivity index (χ3n) is 4.34. The molecular weight excluding hydrogens is 264 g/mol. The van der Waals surface area contributed by atoms with E-state index in [9.17, 15) is 0 Å². The summed E-state index contributed by atoms with van der Waals surface area (Å²) < 4.78 is 11.3. The van der Waals surface area contributed by atoms with Crippen LogP contribution in [0.25, 0.3) is 0 Å². The zero-order valence-electron chi connectivity index (χ0n) is 13.5. The van der Waals surface area contributed by atoms with Crippen molar-refractivity contribution < 1.29 is 9.47 Å². The van der Waals surface area contributed by atoms with Gasteiger partial charge in [0.25, 0.3) is 0 Å². The van der Waals surface area contributed by atoms with Gasteiger partial charge in [-0.25, -0.2) is 0 Å². The topological polar surface area (TPSA) is 47.7 Å². The molecule has 4 nitrogen and oxygen atoms in total. The lowest BCUT2D eigenvalue weighted by molar-refractivity contribution is 0.152. The number of benzene rings is 1. The molecule has 0 radical (unpaired) electrons. The summed E-state index contributed by atoms with van der Waals surface area (Å²) in [6, 6.07) is 6.58. The minimum atomic E-state index is 0.00355. The Balaban J connectivity index is 1.90. The van der Waals surface area contributed by atoms with Crippen molar-refractivity contribution in [3.63, 3.8) is 0 Å². The third kappa shape index (κ3) is 4.35. The van der Waals surface area contributed by atoms with E-state index in [4.69, 9.17) is 15.2 Å². The van der Waals surface area contributed by atoms with E-state index in [1.165, 1.54) is 25.8 Å². The van der Waals surface area contributed by atoms with Gasteiger partial charge in [-0.2, -0.15) is 0 Å². The van der Waals surface area contributed by atoms with Gasteiger partial charge in [0.1, 0.15) is 0 Å². The van der Waals surface area contributed by atoms with Crippen LogP contribution in [-0.2, 0) is 0 Å². The second-order valence-corrected chi connectivity index (χ2v) is 5.97. The molecule has 0 aromatic heterocycles. The van der Waals surface area contributed by atoms with Crippen molar-refractivity contribution in [2.75, 3.05) is 27.3 Å². The lowest BCUT2D eigenvalue weighted by Gasteiger charge is -2.32. The highest BCUT2D eigenvalue weighted by Crippen LogP contribution is 2.30. The average molecular weight is 292 g/mol. The van der Waals surface area contributed by atoms with Crippen molar-refractivity contribution in [2.24, 2.45) is 5.73 Å². The SMILES string of the molecule is COc1cc([C@H](C)N)ccc1OCCC1CCCCN1C. The quantitative estimate of drug-likeness (QED) is 0.875. The molecule has 21 heavy (non-hydrogen) atoms. The molecule has 1 aromatic carbocycles. The average Bonchev–Trinajstić information content (AvgIpc) is 2.49. The van der Waals surface area contributed by atoms with Gasteiger partial charge in [-0.3, -0.25) is 0 Å². The number of likely N-dealkylation sites (tertiary alicyclic amines) is 1. The molecule has 1 fully saturated rings. The molecule has 1 aliphatic rings. The van der Waals surface area contributed by atoms with Crippen LogP contribution in [0, 0.1) is 0 Å². The monoisotopic (exact) mass is 292 g/mol. The van der Waals surface area contributed by atoms with Crippen LogP contribution in [0.3, 0.4) is 0 Å². The van der Waals surface area contributed by atoms with E-state index >= 15 is 0 Å². The van der Waals surface area contributed by atoms with E-state index in [0.29, 0.717) is 6.04 Å². The molecule has 0 bridgehead atoms. The number of rotatable bonds is 6. The molecule has 2 atom stereocenters. The highest BCUT2D eigenvalue weighted by Gasteiger charge is 2.18. The van der Waals surface area contributed by atoms with E-state index < -0.39 is 0 Å². The van der Waals surface area contributed by atoms with Gasteiger partial charge in [-0.1, -0.05) is 12.5 Å². The van der Waals surface area contributed by atoms with E-state index in [2.05, 4.69) is 11.9 Å². The normalized spacial score (nSPS) is 21.0. The smallest absolute Gasteiger partial charge is 0.161 e. The molecule has 1 aromatic rings. The Morgan fingerprint density at radius 1 is 1.33 bits per heavy atom. The minimum Gasteiger partial charge on any atom is -0.493 e. The van der Waals surface area contributed by atoms with Crippen LogP contribution in [0.4, 0.5) is 0 Å². The van der Waals surface area contributed by atoms with E-state index in [0.717, 1.165) is 30.1 Å². The van der Waals surface area contributed by atoms with Crippen LogP contribution in [0.15, 0.2) is 18.2 Å². The fourth-order valence-corrected chi connectivity index (χ4v) is 2.90. The summed E-state index contributed by atoms with van der Waals surface area (Å²) in [6.45, 7) is 3.90. The molecular formula is C17H28N2O2. The lowest BCUT2D eigenvalue weighted by Crippen LogP contribution is -2.37. The number of piperidine rings is 1. The predicted molar refractivity (Wildman–Crippen MR) is 86.0 cm³/mol. The maximum Gasteiger partial charge on any atom is 0.161 e. The minimum absolute atomic E-state index is 0.00355. The zero-order chi connectivity index (χ0) is 15.2. The van der Waals surface area contributed by atoms with E-state index in [1.54, 1.807) is 7.11 Å². The number of hydrogen-bond acceptors (Lipinski definition) is 4. The van der Waals surface area contributed by atoms with Gasteiger partial charge in [0.15, 0.2) is 11.5 Å². The van der Waals surface area contributed by atoms with E-state index in [1.807, 2.05) is 25.1 Å². The van der Waals surface area contributed by atoms with Gasteiger partial charge < -0.3 is 20.1 Å². The van der Waals surface area contributed by atoms with Gasteiger partial charge in [-0.05, 0) is 57.5 Å².